The van der Waals surface area contributed by atoms with Gasteiger partial charge in [0.05, 0.1) is 33.6 Å². The van der Waals surface area contributed by atoms with E-state index < -0.39 is 15.3 Å². The van der Waals surface area contributed by atoms with Crippen molar-refractivity contribution in [1.82, 2.24) is 9.13 Å². The quantitative estimate of drug-likeness (QED) is 0.685. The maximum absolute atomic E-state index is 13.4. The monoisotopic (exact) mass is 431 g/mol. The number of benzene rings is 2. The Morgan fingerprint density at radius 3 is 2.03 bits per heavy atom. The summed E-state index contributed by atoms with van der Waals surface area (Å²) in [4.78, 5) is 25.0. The normalized spacial score (nSPS) is 12.2. The third kappa shape index (κ3) is 3.60. The van der Waals surface area contributed by atoms with E-state index in [1.54, 1.807) is 47.0 Å². The summed E-state index contributed by atoms with van der Waals surface area (Å²) in [6.45, 7) is 5.20. The molecule has 1 aromatic heterocycles. The molecule has 0 atom stereocenters. The average molecular weight is 432 g/mol. The van der Waals surface area contributed by atoms with Gasteiger partial charge in [-0.3, -0.25) is 13.9 Å². The molecule has 0 aliphatic heterocycles. The van der Waals surface area contributed by atoms with Crippen LogP contribution in [0.3, 0.4) is 0 Å². The molecule has 0 saturated carbocycles. The molecule has 0 aliphatic carbocycles. The highest BCUT2D eigenvalue weighted by atomic mass is 32.2. The van der Waals surface area contributed by atoms with E-state index in [4.69, 9.17) is 4.74 Å². The van der Waals surface area contributed by atoms with Gasteiger partial charge < -0.3 is 10.1 Å². The number of methoxy groups -OCH3 is 1. The maximum atomic E-state index is 13.4. The Labute approximate surface area is 175 Å². The van der Waals surface area contributed by atoms with E-state index in [1.807, 2.05) is 0 Å². The fourth-order valence-electron chi connectivity index (χ4n) is 3.04. The van der Waals surface area contributed by atoms with Crippen molar-refractivity contribution in [3.05, 3.63) is 46.9 Å². The van der Waals surface area contributed by atoms with Crippen LogP contribution in [0.15, 0.2) is 51.0 Å². The molecular weight excluding hydrogens is 406 g/mol. The van der Waals surface area contributed by atoms with Crippen molar-refractivity contribution in [1.29, 1.82) is 0 Å². The molecule has 30 heavy (non-hydrogen) atoms. The number of hydrogen-bond acceptors (Lipinski definition) is 5. The molecule has 1 N–H and O–H groups in total. The first-order valence-corrected chi connectivity index (χ1v) is 10.8. The molecule has 9 heteroatoms. The number of nitrogens with one attached hydrogen (secondary N) is 1. The molecule has 3 rings (SSSR count). The number of carbonyl (C=O) groups excluding carboxylic acids is 1. The van der Waals surface area contributed by atoms with E-state index in [0.717, 1.165) is 0 Å². The number of imidazole rings is 1. The number of fused-ring (bicyclic) bond motifs is 1. The Balaban J connectivity index is 2.29. The zero-order valence-electron chi connectivity index (χ0n) is 17.8. The number of carbonyl (C=O) groups is 1. The number of nitrogens with zero attached hydrogens (tertiary/aromatic N) is 2. The largest absolute Gasteiger partial charge is 0.497 e. The van der Waals surface area contributed by atoms with Crippen LogP contribution in [-0.4, -0.2) is 30.6 Å². The van der Waals surface area contributed by atoms with Gasteiger partial charge in [-0.05, 0) is 36.4 Å². The topological polar surface area (TPSA) is 99.4 Å². The van der Waals surface area contributed by atoms with Crippen molar-refractivity contribution in [3.8, 4) is 5.75 Å². The molecule has 0 aliphatic rings. The number of ether oxygens (including phenoxy) is 1. The van der Waals surface area contributed by atoms with E-state index in [-0.39, 0.29) is 27.1 Å². The van der Waals surface area contributed by atoms with E-state index in [2.05, 4.69) is 5.32 Å². The molecule has 0 unspecified atom stereocenters. The van der Waals surface area contributed by atoms with Crippen molar-refractivity contribution < 1.29 is 17.9 Å². The van der Waals surface area contributed by atoms with Crippen molar-refractivity contribution in [2.45, 2.75) is 30.6 Å². The SMILES string of the molecule is COc1ccc(S(=O)(=O)c2cc3c(cc2NC(=O)C(C)(C)C)n(C)c(=O)n3C)cc1. The summed E-state index contributed by atoms with van der Waals surface area (Å²) >= 11 is 0. The van der Waals surface area contributed by atoms with Crippen LogP contribution in [0, 0.1) is 5.41 Å². The molecule has 0 spiro atoms. The van der Waals surface area contributed by atoms with Gasteiger partial charge in [0.25, 0.3) is 0 Å². The minimum Gasteiger partial charge on any atom is -0.497 e. The van der Waals surface area contributed by atoms with E-state index in [9.17, 15) is 18.0 Å². The van der Waals surface area contributed by atoms with Gasteiger partial charge >= 0.3 is 5.69 Å². The first-order valence-electron chi connectivity index (χ1n) is 9.28. The molecule has 8 nitrogen and oxygen atoms in total. The molecule has 1 heterocycles. The summed E-state index contributed by atoms with van der Waals surface area (Å²) in [5.74, 6) is 0.185. The maximum Gasteiger partial charge on any atom is 0.328 e. The number of rotatable bonds is 4. The van der Waals surface area contributed by atoms with Gasteiger partial charge in [-0.25, -0.2) is 13.2 Å². The Morgan fingerprint density at radius 1 is 1.00 bits per heavy atom. The predicted octanol–water partition coefficient (Wildman–Crippen LogP) is 2.70. The zero-order valence-corrected chi connectivity index (χ0v) is 18.6. The van der Waals surface area contributed by atoms with Crippen LogP contribution >= 0.6 is 0 Å². The molecule has 3 aromatic rings. The molecule has 0 fully saturated rings. The lowest BCUT2D eigenvalue weighted by molar-refractivity contribution is -0.123. The Bertz CT molecular complexity index is 1290. The van der Waals surface area contributed by atoms with Crippen molar-refractivity contribution in [2.75, 3.05) is 12.4 Å². The number of anilines is 1. The molecule has 0 radical (unpaired) electrons. The third-order valence-corrected chi connectivity index (χ3v) is 6.77. The highest BCUT2D eigenvalue weighted by Crippen LogP contribution is 2.33. The highest BCUT2D eigenvalue weighted by molar-refractivity contribution is 7.91. The van der Waals surface area contributed by atoms with Gasteiger partial charge in [0.15, 0.2) is 0 Å². The van der Waals surface area contributed by atoms with Crippen LogP contribution < -0.4 is 15.7 Å². The lowest BCUT2D eigenvalue weighted by atomic mass is 9.95. The molecule has 160 valence electrons. The minimum absolute atomic E-state index is 0.0508. The number of aromatic nitrogens is 2. The van der Waals surface area contributed by atoms with E-state index in [0.29, 0.717) is 16.8 Å². The minimum atomic E-state index is -3.99. The van der Waals surface area contributed by atoms with Crippen LogP contribution in [0.5, 0.6) is 5.75 Å². The Morgan fingerprint density at radius 2 is 1.53 bits per heavy atom. The molecule has 0 saturated heterocycles. The van der Waals surface area contributed by atoms with Crippen LogP contribution in [-0.2, 0) is 28.7 Å². The molecular formula is C21H25N3O5S. The number of aryl methyl sites for hydroxylation is 2. The summed E-state index contributed by atoms with van der Waals surface area (Å²) in [6.07, 6.45) is 0. The van der Waals surface area contributed by atoms with Crippen molar-refractivity contribution in [3.63, 3.8) is 0 Å². The van der Waals surface area contributed by atoms with Crippen LogP contribution in [0.25, 0.3) is 11.0 Å². The second-order valence-corrected chi connectivity index (χ2v) is 10.0. The Hall–Kier alpha value is -3.07. The fraction of sp³-hybridized carbons (Fsp3) is 0.333. The molecule has 2 aromatic carbocycles. The Kier molecular flexibility index (Phi) is 5.28. The van der Waals surface area contributed by atoms with Crippen molar-refractivity contribution in [2.24, 2.45) is 19.5 Å². The summed E-state index contributed by atoms with van der Waals surface area (Å²) in [5.41, 5.74) is 0.0545. The predicted molar refractivity (Wildman–Crippen MR) is 115 cm³/mol. The highest BCUT2D eigenvalue weighted by Gasteiger charge is 2.28. The van der Waals surface area contributed by atoms with Crippen molar-refractivity contribution >= 4 is 32.5 Å². The summed E-state index contributed by atoms with van der Waals surface area (Å²) in [7, 11) is 0.667. The van der Waals surface area contributed by atoms with Gasteiger partial charge in [-0.1, -0.05) is 20.8 Å². The second-order valence-electron chi connectivity index (χ2n) is 8.12. The molecule has 1 amide bonds. The zero-order chi connectivity index (χ0) is 22.4. The van der Waals surface area contributed by atoms with Gasteiger partial charge in [0.1, 0.15) is 5.75 Å². The smallest absolute Gasteiger partial charge is 0.328 e. The van der Waals surface area contributed by atoms with Crippen LogP contribution in [0.1, 0.15) is 20.8 Å². The standard InChI is InChI=1S/C21H25N3O5S/c1-21(2,3)19(25)22-15-11-16-17(24(5)20(26)23(16)4)12-18(15)30(27,28)14-9-7-13(29-6)8-10-14/h7-12H,1-6H3,(H,22,25). The summed E-state index contributed by atoms with van der Waals surface area (Å²) in [6, 6.07) is 8.94. The fourth-order valence-corrected chi connectivity index (χ4v) is 4.45. The van der Waals surface area contributed by atoms with Gasteiger partial charge in [-0.15, -0.1) is 0 Å². The second kappa shape index (κ2) is 7.32. The van der Waals surface area contributed by atoms with Crippen LogP contribution in [0.2, 0.25) is 0 Å². The van der Waals surface area contributed by atoms with Crippen LogP contribution in [0.4, 0.5) is 5.69 Å². The summed E-state index contributed by atoms with van der Waals surface area (Å²) in [5, 5.41) is 2.73. The summed E-state index contributed by atoms with van der Waals surface area (Å²) < 4.78 is 34.8. The van der Waals surface area contributed by atoms with E-state index >= 15 is 0 Å². The average Bonchev–Trinajstić information content (AvgIpc) is 2.90. The number of hydrogen-bond donors (Lipinski definition) is 1. The third-order valence-electron chi connectivity index (χ3n) is 4.96. The lowest BCUT2D eigenvalue weighted by Gasteiger charge is -2.20. The van der Waals surface area contributed by atoms with Gasteiger partial charge in [-0.2, -0.15) is 0 Å². The van der Waals surface area contributed by atoms with Gasteiger partial charge in [0, 0.05) is 19.5 Å². The number of sulfone groups is 1. The van der Waals surface area contributed by atoms with E-state index in [1.165, 1.54) is 40.5 Å². The lowest BCUT2D eigenvalue weighted by Crippen LogP contribution is -2.28. The first kappa shape index (κ1) is 21.6. The van der Waals surface area contributed by atoms with Gasteiger partial charge in [0.2, 0.25) is 15.7 Å². The first-order chi connectivity index (χ1) is 13.9. The molecule has 0 bridgehead atoms. The number of amides is 1.